The van der Waals surface area contributed by atoms with Gasteiger partial charge in [0.25, 0.3) is 0 Å². The lowest BCUT2D eigenvalue weighted by atomic mass is 9.85. The van der Waals surface area contributed by atoms with E-state index in [-0.39, 0.29) is 5.41 Å². The van der Waals surface area contributed by atoms with Crippen LogP contribution in [0.3, 0.4) is 0 Å². The van der Waals surface area contributed by atoms with Gasteiger partial charge in [0.05, 0.1) is 6.54 Å². The molecule has 3 heteroatoms. The van der Waals surface area contributed by atoms with Gasteiger partial charge in [0.1, 0.15) is 5.76 Å². The second-order valence-electron chi connectivity index (χ2n) is 6.31. The second kappa shape index (κ2) is 6.47. The molecule has 108 valence electrons. The van der Waals surface area contributed by atoms with Gasteiger partial charge in [-0.05, 0) is 41.1 Å². The largest absolute Gasteiger partial charge is 0.448 e. The molecular formula is C17H22ClNO. The van der Waals surface area contributed by atoms with E-state index in [2.05, 4.69) is 50.4 Å². The topological polar surface area (TPSA) is 25.2 Å². The first-order valence-corrected chi connectivity index (χ1v) is 7.34. The highest BCUT2D eigenvalue weighted by molar-refractivity contribution is 6.28. The summed E-state index contributed by atoms with van der Waals surface area (Å²) in [5, 5.41) is 4.01. The summed E-state index contributed by atoms with van der Waals surface area (Å²) in [7, 11) is 0. The van der Waals surface area contributed by atoms with Crippen LogP contribution in [0.2, 0.25) is 5.22 Å². The third-order valence-corrected chi connectivity index (χ3v) is 3.37. The van der Waals surface area contributed by atoms with E-state index in [1.807, 2.05) is 12.1 Å². The van der Waals surface area contributed by atoms with Gasteiger partial charge in [0.2, 0.25) is 0 Å². The van der Waals surface area contributed by atoms with Gasteiger partial charge in [-0.3, -0.25) is 0 Å². The Hall–Kier alpha value is -1.25. The van der Waals surface area contributed by atoms with Crippen molar-refractivity contribution in [3.8, 4) is 0 Å². The van der Waals surface area contributed by atoms with Gasteiger partial charge in [-0.2, -0.15) is 0 Å². The number of rotatable bonds is 5. The van der Waals surface area contributed by atoms with E-state index >= 15 is 0 Å². The van der Waals surface area contributed by atoms with Gasteiger partial charge in [-0.25, -0.2) is 0 Å². The smallest absolute Gasteiger partial charge is 0.193 e. The molecule has 2 aromatic rings. The molecule has 1 atom stereocenters. The summed E-state index contributed by atoms with van der Waals surface area (Å²) in [5.41, 5.74) is 1.56. The fourth-order valence-corrected chi connectivity index (χ4v) is 2.44. The Bertz CT molecular complexity index is 527. The lowest BCUT2D eigenvalue weighted by Crippen LogP contribution is -2.25. The molecule has 0 radical (unpaired) electrons. The average molecular weight is 292 g/mol. The third kappa shape index (κ3) is 4.69. The van der Waals surface area contributed by atoms with Crippen molar-refractivity contribution in [1.29, 1.82) is 0 Å². The van der Waals surface area contributed by atoms with Crippen LogP contribution >= 0.6 is 11.6 Å². The summed E-state index contributed by atoms with van der Waals surface area (Å²) in [5.74, 6) is 0.866. The van der Waals surface area contributed by atoms with Gasteiger partial charge in [-0.1, -0.05) is 51.1 Å². The molecule has 1 heterocycles. The maximum Gasteiger partial charge on any atom is 0.193 e. The second-order valence-corrected chi connectivity index (χ2v) is 6.69. The normalized spacial score (nSPS) is 13.4. The molecule has 0 saturated heterocycles. The van der Waals surface area contributed by atoms with Gasteiger partial charge in [-0.15, -0.1) is 0 Å². The summed E-state index contributed by atoms with van der Waals surface area (Å²) >= 11 is 5.80. The standard InChI is InChI=1S/C17H22ClNO/c1-17(2,3)11-15(13-7-5-4-6-8-13)19-12-14-9-10-16(18)20-14/h4-10,15,19H,11-12H2,1-3H3. The van der Waals surface area contributed by atoms with Crippen LogP contribution in [0.1, 0.15) is 44.6 Å². The minimum Gasteiger partial charge on any atom is -0.448 e. The van der Waals surface area contributed by atoms with Crippen LogP contribution in [0.4, 0.5) is 0 Å². The lowest BCUT2D eigenvalue weighted by Gasteiger charge is -2.27. The van der Waals surface area contributed by atoms with E-state index in [0.29, 0.717) is 17.8 Å². The summed E-state index contributed by atoms with van der Waals surface area (Å²) in [6.07, 6.45) is 1.06. The van der Waals surface area contributed by atoms with Crippen molar-refractivity contribution < 1.29 is 4.42 Å². The molecule has 0 amide bonds. The maximum absolute atomic E-state index is 5.80. The number of furan rings is 1. The summed E-state index contributed by atoms with van der Waals surface area (Å²) in [6, 6.07) is 14.5. The minimum atomic E-state index is 0.258. The fourth-order valence-electron chi connectivity index (χ4n) is 2.28. The van der Waals surface area contributed by atoms with E-state index in [0.717, 1.165) is 12.2 Å². The minimum absolute atomic E-state index is 0.258. The van der Waals surface area contributed by atoms with E-state index in [9.17, 15) is 0 Å². The van der Waals surface area contributed by atoms with Crippen LogP contribution < -0.4 is 5.32 Å². The Kier molecular flexibility index (Phi) is 4.90. The Morgan fingerprint density at radius 1 is 1.10 bits per heavy atom. The molecule has 0 spiro atoms. The Morgan fingerprint density at radius 2 is 1.80 bits per heavy atom. The van der Waals surface area contributed by atoms with Crippen LogP contribution in [0.15, 0.2) is 46.9 Å². The van der Waals surface area contributed by atoms with Crippen LogP contribution in [-0.2, 0) is 6.54 Å². The van der Waals surface area contributed by atoms with E-state index in [1.54, 1.807) is 6.07 Å². The van der Waals surface area contributed by atoms with Crippen molar-refractivity contribution in [2.45, 2.75) is 39.8 Å². The molecule has 0 aliphatic heterocycles. The number of benzene rings is 1. The van der Waals surface area contributed by atoms with Gasteiger partial charge < -0.3 is 9.73 Å². The maximum atomic E-state index is 5.80. The highest BCUT2D eigenvalue weighted by Crippen LogP contribution is 2.29. The predicted octanol–water partition coefficient (Wildman–Crippen LogP) is 5.20. The van der Waals surface area contributed by atoms with E-state index in [4.69, 9.17) is 16.0 Å². The van der Waals surface area contributed by atoms with Crippen molar-refractivity contribution in [2.24, 2.45) is 5.41 Å². The zero-order valence-corrected chi connectivity index (χ0v) is 13.1. The van der Waals surface area contributed by atoms with E-state index in [1.165, 1.54) is 5.56 Å². The molecule has 1 N–H and O–H groups in total. The Labute approximate surface area is 126 Å². The predicted molar refractivity (Wildman–Crippen MR) is 83.8 cm³/mol. The summed E-state index contributed by atoms with van der Waals surface area (Å²) in [4.78, 5) is 0. The molecule has 1 unspecified atom stereocenters. The lowest BCUT2D eigenvalue weighted by molar-refractivity contribution is 0.304. The van der Waals surface area contributed by atoms with Crippen LogP contribution in [-0.4, -0.2) is 0 Å². The molecule has 0 aliphatic rings. The zero-order valence-electron chi connectivity index (χ0n) is 12.3. The summed E-state index contributed by atoms with van der Waals surface area (Å²) < 4.78 is 5.40. The molecule has 20 heavy (non-hydrogen) atoms. The molecule has 2 nitrogen and oxygen atoms in total. The average Bonchev–Trinajstić information content (AvgIpc) is 2.80. The van der Waals surface area contributed by atoms with Crippen molar-refractivity contribution in [3.05, 3.63) is 59.0 Å². The van der Waals surface area contributed by atoms with Crippen molar-refractivity contribution in [3.63, 3.8) is 0 Å². The highest BCUT2D eigenvalue weighted by atomic mass is 35.5. The molecule has 1 aromatic carbocycles. The molecule has 1 aromatic heterocycles. The first-order valence-electron chi connectivity index (χ1n) is 6.96. The summed E-state index contributed by atoms with van der Waals surface area (Å²) in [6.45, 7) is 7.46. The Morgan fingerprint density at radius 3 is 2.35 bits per heavy atom. The van der Waals surface area contributed by atoms with E-state index < -0.39 is 0 Å². The highest BCUT2D eigenvalue weighted by Gasteiger charge is 2.20. The molecular weight excluding hydrogens is 270 g/mol. The molecule has 0 bridgehead atoms. The third-order valence-electron chi connectivity index (χ3n) is 3.17. The Balaban J connectivity index is 2.07. The monoisotopic (exact) mass is 291 g/mol. The first kappa shape index (κ1) is 15.1. The van der Waals surface area contributed by atoms with Gasteiger partial charge in [0.15, 0.2) is 5.22 Å². The zero-order chi connectivity index (χ0) is 14.6. The molecule has 0 fully saturated rings. The fraction of sp³-hybridized carbons (Fsp3) is 0.412. The van der Waals surface area contributed by atoms with Crippen LogP contribution in [0.25, 0.3) is 0 Å². The number of halogens is 1. The van der Waals surface area contributed by atoms with Gasteiger partial charge >= 0.3 is 0 Å². The number of nitrogens with one attached hydrogen (secondary N) is 1. The van der Waals surface area contributed by atoms with Crippen molar-refractivity contribution >= 4 is 11.6 Å². The molecule has 0 aliphatic carbocycles. The van der Waals surface area contributed by atoms with Gasteiger partial charge in [0, 0.05) is 6.04 Å². The van der Waals surface area contributed by atoms with Crippen LogP contribution in [0.5, 0.6) is 0 Å². The first-order chi connectivity index (χ1) is 9.44. The van der Waals surface area contributed by atoms with Crippen molar-refractivity contribution in [1.82, 2.24) is 5.32 Å². The SMILES string of the molecule is CC(C)(C)CC(NCc1ccc(Cl)o1)c1ccccc1. The molecule has 0 saturated carbocycles. The number of hydrogen-bond acceptors (Lipinski definition) is 2. The van der Waals surface area contributed by atoms with Crippen molar-refractivity contribution in [2.75, 3.05) is 0 Å². The quantitative estimate of drug-likeness (QED) is 0.819. The number of hydrogen-bond donors (Lipinski definition) is 1. The van der Waals surface area contributed by atoms with Crippen LogP contribution in [0, 0.1) is 5.41 Å². The molecule has 2 rings (SSSR count).